The van der Waals surface area contributed by atoms with Crippen LogP contribution in [0.1, 0.15) is 40.5 Å². The second kappa shape index (κ2) is 5.32. The maximum absolute atomic E-state index is 9.48. The SMILES string of the molecule is CNC1C(CN2CCCC2CO)C(C)(C)OC1(C)C. The molecule has 0 amide bonds. The quantitative estimate of drug-likeness (QED) is 0.806. The zero-order chi connectivity index (χ0) is 14.3. The van der Waals surface area contributed by atoms with Crippen molar-refractivity contribution in [3.05, 3.63) is 0 Å². The van der Waals surface area contributed by atoms with Crippen LogP contribution in [0.4, 0.5) is 0 Å². The van der Waals surface area contributed by atoms with Crippen molar-refractivity contribution in [3.63, 3.8) is 0 Å². The van der Waals surface area contributed by atoms with Crippen molar-refractivity contribution >= 4 is 0 Å². The Bertz CT molecular complexity index is 317. The van der Waals surface area contributed by atoms with Gasteiger partial charge in [-0.15, -0.1) is 0 Å². The molecular formula is C15H30N2O2. The maximum atomic E-state index is 9.48. The number of ether oxygens (including phenoxy) is 1. The highest BCUT2D eigenvalue weighted by Gasteiger charge is 2.53. The van der Waals surface area contributed by atoms with Gasteiger partial charge < -0.3 is 15.2 Å². The predicted molar refractivity (Wildman–Crippen MR) is 77.3 cm³/mol. The van der Waals surface area contributed by atoms with Crippen molar-refractivity contribution in [3.8, 4) is 0 Å². The molecule has 0 radical (unpaired) electrons. The first-order valence-electron chi connectivity index (χ1n) is 7.54. The Kier molecular flexibility index (Phi) is 4.26. The Morgan fingerprint density at radius 2 is 1.95 bits per heavy atom. The van der Waals surface area contributed by atoms with Crippen LogP contribution >= 0.6 is 0 Å². The van der Waals surface area contributed by atoms with Gasteiger partial charge in [0.2, 0.25) is 0 Å². The van der Waals surface area contributed by atoms with Crippen molar-refractivity contribution < 1.29 is 9.84 Å². The fourth-order valence-electron chi connectivity index (χ4n) is 4.17. The van der Waals surface area contributed by atoms with Gasteiger partial charge in [0.05, 0.1) is 17.8 Å². The Morgan fingerprint density at radius 1 is 1.26 bits per heavy atom. The molecule has 0 aliphatic carbocycles. The molecule has 3 atom stereocenters. The van der Waals surface area contributed by atoms with Crippen molar-refractivity contribution in [2.45, 2.75) is 63.8 Å². The molecule has 2 heterocycles. The molecule has 4 nitrogen and oxygen atoms in total. The van der Waals surface area contributed by atoms with Crippen LogP contribution in [-0.4, -0.2) is 60.0 Å². The highest BCUT2D eigenvalue weighted by atomic mass is 16.5. The number of hydrogen-bond acceptors (Lipinski definition) is 4. The third-order valence-electron chi connectivity index (χ3n) is 5.02. The van der Waals surface area contributed by atoms with Crippen molar-refractivity contribution in [1.82, 2.24) is 10.2 Å². The summed E-state index contributed by atoms with van der Waals surface area (Å²) in [5.41, 5.74) is -0.267. The predicted octanol–water partition coefficient (Wildman–Crippen LogP) is 1.23. The minimum atomic E-state index is -0.142. The van der Waals surface area contributed by atoms with E-state index in [0.717, 1.165) is 19.5 Å². The molecule has 0 aromatic carbocycles. The molecule has 2 N–H and O–H groups in total. The largest absolute Gasteiger partial charge is 0.395 e. The van der Waals surface area contributed by atoms with Crippen LogP contribution in [0.5, 0.6) is 0 Å². The lowest BCUT2D eigenvalue weighted by molar-refractivity contribution is -0.0798. The van der Waals surface area contributed by atoms with E-state index in [1.807, 2.05) is 7.05 Å². The Balaban J connectivity index is 2.12. The van der Waals surface area contributed by atoms with Crippen LogP contribution in [0.15, 0.2) is 0 Å². The molecule has 2 rings (SSSR count). The van der Waals surface area contributed by atoms with Gasteiger partial charge in [-0.25, -0.2) is 0 Å². The smallest absolute Gasteiger partial charge is 0.0790 e. The third-order valence-corrected chi connectivity index (χ3v) is 5.02. The number of aliphatic hydroxyl groups is 1. The van der Waals surface area contributed by atoms with Gasteiger partial charge in [-0.3, -0.25) is 4.90 Å². The number of nitrogens with zero attached hydrogens (tertiary/aromatic N) is 1. The summed E-state index contributed by atoms with van der Waals surface area (Å²) in [7, 11) is 2.03. The van der Waals surface area contributed by atoms with Gasteiger partial charge in [-0.1, -0.05) is 0 Å². The molecule has 3 unspecified atom stereocenters. The molecule has 0 aromatic heterocycles. The summed E-state index contributed by atoms with van der Waals surface area (Å²) < 4.78 is 6.28. The first-order valence-corrected chi connectivity index (χ1v) is 7.54. The summed E-state index contributed by atoms with van der Waals surface area (Å²) >= 11 is 0. The minimum absolute atomic E-state index is 0.125. The highest BCUT2D eigenvalue weighted by molar-refractivity contribution is 5.06. The summed E-state index contributed by atoms with van der Waals surface area (Å²) in [6.07, 6.45) is 2.32. The van der Waals surface area contributed by atoms with Gasteiger partial charge >= 0.3 is 0 Å². The fraction of sp³-hybridized carbons (Fsp3) is 1.00. The minimum Gasteiger partial charge on any atom is -0.395 e. The average Bonchev–Trinajstić information content (AvgIpc) is 2.80. The molecule has 112 valence electrons. The standard InChI is InChI=1S/C15H30N2O2/c1-14(2)12(13(16-5)15(3,4)19-14)9-17-8-6-7-11(17)10-18/h11-13,16,18H,6-10H2,1-5H3. The summed E-state index contributed by atoms with van der Waals surface area (Å²) in [6, 6.07) is 0.694. The van der Waals surface area contributed by atoms with E-state index in [9.17, 15) is 5.11 Å². The molecule has 0 saturated carbocycles. The third kappa shape index (κ3) is 2.82. The molecular weight excluding hydrogens is 240 g/mol. The molecule has 2 saturated heterocycles. The van der Waals surface area contributed by atoms with Gasteiger partial charge in [0.15, 0.2) is 0 Å². The summed E-state index contributed by atoms with van der Waals surface area (Å²) in [5.74, 6) is 0.444. The Morgan fingerprint density at radius 3 is 2.53 bits per heavy atom. The molecule has 4 heteroatoms. The Labute approximate surface area is 117 Å². The molecule has 0 aromatic rings. The second-order valence-electron chi connectivity index (χ2n) is 7.16. The lowest BCUT2D eigenvalue weighted by Gasteiger charge is -2.34. The monoisotopic (exact) mass is 270 g/mol. The van der Waals surface area contributed by atoms with Crippen LogP contribution in [0.2, 0.25) is 0 Å². The van der Waals surface area contributed by atoms with Gasteiger partial charge in [0.25, 0.3) is 0 Å². The molecule has 2 aliphatic rings. The maximum Gasteiger partial charge on any atom is 0.0790 e. The van der Waals surface area contributed by atoms with E-state index in [0.29, 0.717) is 18.0 Å². The topological polar surface area (TPSA) is 44.7 Å². The number of likely N-dealkylation sites (N-methyl/N-ethyl adjacent to an activating group) is 1. The fourth-order valence-corrected chi connectivity index (χ4v) is 4.17. The lowest BCUT2D eigenvalue weighted by Crippen LogP contribution is -2.50. The zero-order valence-corrected chi connectivity index (χ0v) is 13.1. The van der Waals surface area contributed by atoms with Gasteiger partial charge in [0, 0.05) is 24.5 Å². The molecule has 2 fully saturated rings. The van der Waals surface area contributed by atoms with Crippen molar-refractivity contribution in [1.29, 1.82) is 0 Å². The molecule has 0 bridgehead atoms. The van der Waals surface area contributed by atoms with Gasteiger partial charge in [-0.05, 0) is 54.1 Å². The van der Waals surface area contributed by atoms with Crippen LogP contribution in [0, 0.1) is 5.92 Å². The number of rotatable bonds is 4. The number of nitrogens with one attached hydrogen (secondary N) is 1. The number of aliphatic hydroxyl groups excluding tert-OH is 1. The van der Waals surface area contributed by atoms with E-state index in [-0.39, 0.29) is 17.8 Å². The second-order valence-corrected chi connectivity index (χ2v) is 7.16. The number of hydrogen-bond donors (Lipinski definition) is 2. The van der Waals surface area contributed by atoms with Crippen LogP contribution in [0.25, 0.3) is 0 Å². The van der Waals surface area contributed by atoms with E-state index >= 15 is 0 Å². The Hall–Kier alpha value is -0.160. The molecule has 0 spiro atoms. The van der Waals surface area contributed by atoms with E-state index in [4.69, 9.17) is 4.74 Å². The first kappa shape index (κ1) is 15.2. The lowest BCUT2D eigenvalue weighted by atomic mass is 9.82. The van der Waals surface area contributed by atoms with Gasteiger partial charge in [-0.2, -0.15) is 0 Å². The van der Waals surface area contributed by atoms with E-state index < -0.39 is 0 Å². The highest BCUT2D eigenvalue weighted by Crippen LogP contribution is 2.43. The summed E-state index contributed by atoms with van der Waals surface area (Å²) in [4.78, 5) is 2.45. The molecule has 2 aliphatic heterocycles. The summed E-state index contributed by atoms with van der Waals surface area (Å²) in [5, 5.41) is 12.9. The van der Waals surface area contributed by atoms with E-state index in [1.54, 1.807) is 0 Å². The number of likely N-dealkylation sites (tertiary alicyclic amines) is 1. The van der Waals surface area contributed by atoms with E-state index in [1.165, 1.54) is 6.42 Å². The van der Waals surface area contributed by atoms with Gasteiger partial charge in [0.1, 0.15) is 0 Å². The van der Waals surface area contributed by atoms with Crippen LogP contribution in [0.3, 0.4) is 0 Å². The summed E-state index contributed by atoms with van der Waals surface area (Å²) in [6.45, 7) is 11.1. The first-order chi connectivity index (χ1) is 8.81. The zero-order valence-electron chi connectivity index (χ0n) is 13.1. The van der Waals surface area contributed by atoms with Crippen molar-refractivity contribution in [2.75, 3.05) is 26.7 Å². The normalized spacial score (nSPS) is 37.9. The van der Waals surface area contributed by atoms with Crippen LogP contribution < -0.4 is 5.32 Å². The van der Waals surface area contributed by atoms with E-state index in [2.05, 4.69) is 37.9 Å². The van der Waals surface area contributed by atoms with Crippen LogP contribution in [-0.2, 0) is 4.74 Å². The van der Waals surface area contributed by atoms with Crippen molar-refractivity contribution in [2.24, 2.45) is 5.92 Å². The average molecular weight is 270 g/mol. The molecule has 19 heavy (non-hydrogen) atoms.